The van der Waals surface area contributed by atoms with E-state index in [1.54, 1.807) is 0 Å². The van der Waals surface area contributed by atoms with E-state index in [0.29, 0.717) is 11.7 Å². The maximum atomic E-state index is 9.87. The normalized spacial score (nSPS) is 10.7. The molecule has 0 unspecified atom stereocenters. The zero-order chi connectivity index (χ0) is 11.6. The molecule has 1 heteroatoms. The number of phenols is 1. The summed E-state index contributed by atoms with van der Waals surface area (Å²) in [4.78, 5) is 0. The summed E-state index contributed by atoms with van der Waals surface area (Å²) in [5.41, 5.74) is 4.01. The molecule has 1 rings (SSSR count). The zero-order valence-electron chi connectivity index (χ0n) is 10.1. The number of phenolic OH excluding ortho intramolecular Hbond substituents is 1. The molecular formula is C14H20O. The topological polar surface area (TPSA) is 20.2 Å². The number of rotatable bonds is 3. The highest BCUT2D eigenvalue weighted by Crippen LogP contribution is 2.29. The van der Waals surface area contributed by atoms with Crippen molar-refractivity contribution in [3.05, 3.63) is 35.4 Å². The number of aromatic hydroxyl groups is 1. The van der Waals surface area contributed by atoms with Crippen LogP contribution in [0.3, 0.4) is 0 Å². The molecule has 0 aliphatic carbocycles. The molecule has 0 atom stereocenters. The molecular weight excluding hydrogens is 184 g/mol. The van der Waals surface area contributed by atoms with Crippen LogP contribution < -0.4 is 0 Å². The van der Waals surface area contributed by atoms with E-state index in [-0.39, 0.29) is 0 Å². The lowest BCUT2D eigenvalue weighted by atomic mass is 9.95. The Balaban J connectivity index is 3.17. The Morgan fingerprint density at radius 1 is 1.40 bits per heavy atom. The van der Waals surface area contributed by atoms with Crippen molar-refractivity contribution in [3.63, 3.8) is 0 Å². The van der Waals surface area contributed by atoms with E-state index < -0.39 is 0 Å². The molecule has 0 aliphatic rings. The summed E-state index contributed by atoms with van der Waals surface area (Å²) in [5, 5.41) is 9.87. The number of benzene rings is 1. The number of hydrogen-bond acceptors (Lipinski definition) is 1. The third kappa shape index (κ3) is 2.85. The number of aryl methyl sites for hydroxylation is 1. The van der Waals surface area contributed by atoms with Crippen molar-refractivity contribution in [2.45, 2.75) is 34.1 Å². The quantitative estimate of drug-likeness (QED) is 0.791. The second-order valence-corrected chi connectivity index (χ2v) is 4.69. The van der Waals surface area contributed by atoms with Crippen LogP contribution in [-0.4, -0.2) is 5.11 Å². The fourth-order valence-electron chi connectivity index (χ4n) is 1.77. The van der Waals surface area contributed by atoms with E-state index in [9.17, 15) is 5.11 Å². The van der Waals surface area contributed by atoms with Gasteiger partial charge >= 0.3 is 0 Å². The molecule has 15 heavy (non-hydrogen) atoms. The molecule has 82 valence electrons. The summed E-state index contributed by atoms with van der Waals surface area (Å²) in [5.74, 6) is 1.00. The minimum absolute atomic E-state index is 0.370. The molecule has 1 aromatic carbocycles. The van der Waals surface area contributed by atoms with E-state index in [1.165, 1.54) is 5.56 Å². The van der Waals surface area contributed by atoms with E-state index in [4.69, 9.17) is 0 Å². The predicted octanol–water partition coefficient (Wildman–Crippen LogP) is 3.93. The first kappa shape index (κ1) is 11.8. The summed E-state index contributed by atoms with van der Waals surface area (Å²) in [6.07, 6.45) is 1.04. The average molecular weight is 204 g/mol. The highest BCUT2D eigenvalue weighted by Gasteiger charge is 2.08. The van der Waals surface area contributed by atoms with Gasteiger partial charge < -0.3 is 5.11 Å². The Bertz CT molecular complexity index is 375. The van der Waals surface area contributed by atoms with Crippen LogP contribution in [0.1, 0.15) is 37.5 Å². The van der Waals surface area contributed by atoms with Crippen LogP contribution >= 0.6 is 0 Å². The lowest BCUT2D eigenvalue weighted by Gasteiger charge is -2.12. The molecule has 1 N–H and O–H groups in total. The van der Waals surface area contributed by atoms with Crippen LogP contribution in [-0.2, 0) is 6.42 Å². The van der Waals surface area contributed by atoms with Crippen LogP contribution in [0.2, 0.25) is 0 Å². The van der Waals surface area contributed by atoms with Crippen molar-refractivity contribution in [1.29, 1.82) is 0 Å². The molecule has 0 bridgehead atoms. The molecule has 0 fully saturated rings. The van der Waals surface area contributed by atoms with Gasteiger partial charge in [0.15, 0.2) is 0 Å². The summed E-state index contributed by atoms with van der Waals surface area (Å²) in [6, 6.07) is 4.10. The van der Waals surface area contributed by atoms with Crippen molar-refractivity contribution in [3.8, 4) is 5.75 Å². The number of hydrogen-bond donors (Lipinski definition) is 1. The Kier molecular flexibility index (Phi) is 3.57. The van der Waals surface area contributed by atoms with Gasteiger partial charge in [-0.2, -0.15) is 0 Å². The molecule has 1 nitrogen and oxygen atoms in total. The molecule has 0 aliphatic heterocycles. The van der Waals surface area contributed by atoms with Crippen LogP contribution in [0.4, 0.5) is 0 Å². The fraction of sp³-hybridized carbons (Fsp3) is 0.429. The van der Waals surface area contributed by atoms with Crippen LogP contribution in [0, 0.1) is 12.8 Å². The fourth-order valence-corrected chi connectivity index (χ4v) is 1.77. The van der Waals surface area contributed by atoms with Gasteiger partial charge in [0.05, 0.1) is 0 Å². The lowest BCUT2D eigenvalue weighted by Crippen LogP contribution is -1.96. The Labute approximate surface area is 92.5 Å². The Morgan fingerprint density at radius 3 is 2.47 bits per heavy atom. The average Bonchev–Trinajstić information content (AvgIpc) is 2.09. The minimum Gasteiger partial charge on any atom is -0.507 e. The van der Waals surface area contributed by atoms with Crippen molar-refractivity contribution in [2.24, 2.45) is 5.92 Å². The van der Waals surface area contributed by atoms with E-state index >= 15 is 0 Å². The standard InChI is InChI=1S/C14H20O/c1-9(2)6-12-7-11(5)14(15)13(8-12)10(3)4/h7-9,15H,3,6H2,1-2,4-5H3. The number of allylic oxidation sites excluding steroid dienone is 1. The Hall–Kier alpha value is -1.24. The van der Waals surface area contributed by atoms with Crippen LogP contribution in [0.5, 0.6) is 5.75 Å². The third-order valence-corrected chi connectivity index (χ3v) is 2.46. The third-order valence-electron chi connectivity index (χ3n) is 2.46. The summed E-state index contributed by atoms with van der Waals surface area (Å²) >= 11 is 0. The van der Waals surface area contributed by atoms with Crippen LogP contribution in [0.15, 0.2) is 18.7 Å². The molecule has 0 saturated carbocycles. The largest absolute Gasteiger partial charge is 0.507 e. The van der Waals surface area contributed by atoms with E-state index in [2.05, 4.69) is 26.5 Å². The van der Waals surface area contributed by atoms with Crippen molar-refractivity contribution < 1.29 is 5.11 Å². The molecule has 0 spiro atoms. The first-order valence-corrected chi connectivity index (χ1v) is 5.40. The van der Waals surface area contributed by atoms with Gasteiger partial charge in [-0.1, -0.05) is 26.5 Å². The van der Waals surface area contributed by atoms with Crippen molar-refractivity contribution in [2.75, 3.05) is 0 Å². The first-order chi connectivity index (χ1) is 6.91. The molecule has 1 aromatic rings. The van der Waals surface area contributed by atoms with Crippen molar-refractivity contribution >= 4 is 5.57 Å². The maximum absolute atomic E-state index is 9.87. The van der Waals surface area contributed by atoms with Gasteiger partial charge in [-0.15, -0.1) is 0 Å². The molecule has 0 saturated heterocycles. The smallest absolute Gasteiger partial charge is 0.125 e. The lowest BCUT2D eigenvalue weighted by molar-refractivity contribution is 0.469. The van der Waals surface area contributed by atoms with E-state index in [1.807, 2.05) is 19.9 Å². The zero-order valence-corrected chi connectivity index (χ0v) is 10.1. The van der Waals surface area contributed by atoms with Gasteiger partial charge in [0.2, 0.25) is 0 Å². The van der Waals surface area contributed by atoms with Gasteiger partial charge in [-0.3, -0.25) is 0 Å². The molecule has 0 heterocycles. The van der Waals surface area contributed by atoms with Crippen LogP contribution in [0.25, 0.3) is 5.57 Å². The second kappa shape index (κ2) is 4.52. The maximum Gasteiger partial charge on any atom is 0.125 e. The predicted molar refractivity (Wildman–Crippen MR) is 66.1 cm³/mol. The summed E-state index contributed by atoms with van der Waals surface area (Å²) < 4.78 is 0. The Morgan fingerprint density at radius 2 is 2.00 bits per heavy atom. The monoisotopic (exact) mass is 204 g/mol. The summed E-state index contributed by atoms with van der Waals surface area (Å²) in [7, 11) is 0. The van der Waals surface area contributed by atoms with Gasteiger partial charge in [0.1, 0.15) is 5.75 Å². The van der Waals surface area contributed by atoms with Gasteiger partial charge in [0.25, 0.3) is 0 Å². The summed E-state index contributed by atoms with van der Waals surface area (Å²) in [6.45, 7) is 12.1. The van der Waals surface area contributed by atoms with Crippen molar-refractivity contribution in [1.82, 2.24) is 0 Å². The molecule has 0 aromatic heterocycles. The van der Waals surface area contributed by atoms with Gasteiger partial charge in [-0.05, 0) is 49.0 Å². The molecule has 0 amide bonds. The molecule has 0 radical (unpaired) electrons. The SMILES string of the molecule is C=C(C)c1cc(CC(C)C)cc(C)c1O. The highest BCUT2D eigenvalue weighted by atomic mass is 16.3. The second-order valence-electron chi connectivity index (χ2n) is 4.69. The van der Waals surface area contributed by atoms with Gasteiger partial charge in [0, 0.05) is 5.56 Å². The van der Waals surface area contributed by atoms with E-state index in [0.717, 1.165) is 23.1 Å². The minimum atomic E-state index is 0.370. The van der Waals surface area contributed by atoms with Gasteiger partial charge in [-0.25, -0.2) is 0 Å². The first-order valence-electron chi connectivity index (χ1n) is 5.40. The highest BCUT2D eigenvalue weighted by molar-refractivity contribution is 5.69.